The van der Waals surface area contributed by atoms with Crippen LogP contribution >= 0.6 is 15.9 Å². The Bertz CT molecular complexity index is 677. The van der Waals surface area contributed by atoms with E-state index in [0.717, 1.165) is 40.6 Å². The predicted molar refractivity (Wildman–Crippen MR) is 89.8 cm³/mol. The number of esters is 1. The van der Waals surface area contributed by atoms with Crippen molar-refractivity contribution in [1.29, 1.82) is 0 Å². The molecule has 1 saturated carbocycles. The Morgan fingerprint density at radius 3 is 2.64 bits per heavy atom. The summed E-state index contributed by atoms with van der Waals surface area (Å²) in [4.78, 5) is 16.9. The summed E-state index contributed by atoms with van der Waals surface area (Å²) in [5, 5.41) is 5.54. The van der Waals surface area contributed by atoms with Crippen LogP contribution in [0.5, 0.6) is 0 Å². The molecule has 0 saturated heterocycles. The van der Waals surface area contributed by atoms with E-state index in [1.54, 1.807) is 4.68 Å². The fraction of sp³-hybridized carbons (Fsp3) is 0.562. The number of carbonyl (C=O) groups excluding carboxylic acids is 1. The summed E-state index contributed by atoms with van der Waals surface area (Å²) in [5.74, 6) is -0.197. The van der Waals surface area contributed by atoms with E-state index in [1.807, 2.05) is 39.8 Å². The molecule has 0 radical (unpaired) electrons. The van der Waals surface area contributed by atoms with E-state index >= 15 is 0 Å². The van der Waals surface area contributed by atoms with E-state index in [4.69, 9.17) is 4.74 Å². The van der Waals surface area contributed by atoms with Crippen molar-refractivity contribution in [2.24, 2.45) is 0 Å². The van der Waals surface area contributed by atoms with Crippen LogP contribution in [0.15, 0.2) is 16.7 Å². The lowest BCUT2D eigenvalue weighted by Gasteiger charge is -2.39. The molecule has 1 aliphatic rings. The molecule has 1 fully saturated rings. The summed E-state index contributed by atoms with van der Waals surface area (Å²) in [6.07, 6.45) is 2.53. The number of pyridine rings is 1. The first kappa shape index (κ1) is 16.9. The second kappa shape index (κ2) is 6.77. The summed E-state index contributed by atoms with van der Waals surface area (Å²) in [6.45, 7) is 8.15. The second-order valence-corrected chi connectivity index (χ2v) is 5.92. The van der Waals surface area contributed by atoms with Gasteiger partial charge in [-0.3, -0.25) is 0 Å². The SMILES string of the molecule is CC.CCOC(=O)C1(n2nc(C)c3ccc(Br)nc32)CCC1. The lowest BCUT2D eigenvalue weighted by atomic mass is 9.77. The number of carbonyl (C=O) groups is 1. The molecule has 0 aliphatic heterocycles. The van der Waals surface area contributed by atoms with Gasteiger partial charge in [-0.1, -0.05) is 13.8 Å². The molecule has 0 bridgehead atoms. The number of ether oxygens (including phenoxy) is 1. The first-order valence-electron chi connectivity index (χ1n) is 7.78. The van der Waals surface area contributed by atoms with E-state index in [0.29, 0.717) is 6.61 Å². The molecule has 1 aliphatic carbocycles. The van der Waals surface area contributed by atoms with Gasteiger partial charge in [-0.05, 0) is 61.2 Å². The molecule has 3 rings (SSSR count). The summed E-state index contributed by atoms with van der Waals surface area (Å²) >= 11 is 3.38. The number of aryl methyl sites for hydroxylation is 1. The number of rotatable bonds is 3. The molecule has 2 aromatic heterocycles. The second-order valence-electron chi connectivity index (χ2n) is 5.11. The summed E-state index contributed by atoms with van der Waals surface area (Å²) < 4.78 is 7.76. The molecule has 6 heteroatoms. The zero-order valence-corrected chi connectivity index (χ0v) is 15.1. The highest BCUT2D eigenvalue weighted by molar-refractivity contribution is 9.10. The minimum absolute atomic E-state index is 0.197. The molecule has 120 valence electrons. The fourth-order valence-electron chi connectivity index (χ4n) is 2.70. The van der Waals surface area contributed by atoms with Gasteiger partial charge in [-0.15, -0.1) is 0 Å². The van der Waals surface area contributed by atoms with Crippen LogP contribution in [0.1, 0.15) is 45.7 Å². The van der Waals surface area contributed by atoms with E-state index in [9.17, 15) is 4.79 Å². The molecule has 5 nitrogen and oxygen atoms in total. The highest BCUT2D eigenvalue weighted by Gasteiger charge is 2.49. The largest absolute Gasteiger partial charge is 0.464 e. The van der Waals surface area contributed by atoms with E-state index in [2.05, 4.69) is 26.0 Å². The Morgan fingerprint density at radius 1 is 1.41 bits per heavy atom. The maximum Gasteiger partial charge on any atom is 0.334 e. The smallest absolute Gasteiger partial charge is 0.334 e. The third kappa shape index (κ3) is 2.64. The van der Waals surface area contributed by atoms with Gasteiger partial charge in [0.1, 0.15) is 4.60 Å². The van der Waals surface area contributed by atoms with Gasteiger partial charge in [-0.2, -0.15) is 5.10 Å². The Morgan fingerprint density at radius 2 is 2.09 bits per heavy atom. The van der Waals surface area contributed by atoms with Gasteiger partial charge < -0.3 is 4.74 Å². The topological polar surface area (TPSA) is 57.0 Å². The van der Waals surface area contributed by atoms with Crippen molar-refractivity contribution in [3.8, 4) is 0 Å². The van der Waals surface area contributed by atoms with E-state index in [1.165, 1.54) is 0 Å². The molecule has 2 aromatic rings. The Hall–Kier alpha value is -1.43. The molecule has 0 aromatic carbocycles. The minimum Gasteiger partial charge on any atom is -0.464 e. The molecule has 0 N–H and O–H groups in total. The first-order valence-corrected chi connectivity index (χ1v) is 8.57. The Kier molecular flexibility index (Phi) is 5.21. The van der Waals surface area contributed by atoms with Gasteiger partial charge in [-0.25, -0.2) is 14.5 Å². The number of hydrogen-bond donors (Lipinski definition) is 0. The van der Waals surface area contributed by atoms with Crippen LogP contribution in [0, 0.1) is 6.92 Å². The maximum absolute atomic E-state index is 12.4. The molecule has 0 spiro atoms. The van der Waals surface area contributed by atoms with Crippen molar-refractivity contribution >= 4 is 32.9 Å². The molecule has 0 unspecified atom stereocenters. The van der Waals surface area contributed by atoms with Gasteiger partial charge >= 0.3 is 5.97 Å². The standard InChI is InChI=1S/C14H16BrN3O2.C2H6/c1-3-20-13(19)14(7-4-8-14)18-12-10(9(2)17-18)5-6-11(15)16-12;1-2/h5-6H,3-4,7-8H2,1-2H3;1-2H3. The van der Waals surface area contributed by atoms with Crippen molar-refractivity contribution in [1.82, 2.24) is 14.8 Å². The van der Waals surface area contributed by atoms with Crippen molar-refractivity contribution in [3.63, 3.8) is 0 Å². The highest BCUT2D eigenvalue weighted by atomic mass is 79.9. The third-order valence-electron chi connectivity index (χ3n) is 3.92. The Balaban J connectivity index is 0.000000847. The van der Waals surface area contributed by atoms with Gasteiger partial charge in [0.05, 0.1) is 12.3 Å². The molecular weight excluding hydrogens is 346 g/mol. The zero-order valence-electron chi connectivity index (χ0n) is 13.5. The van der Waals surface area contributed by atoms with Crippen LogP contribution in [0.2, 0.25) is 0 Å². The van der Waals surface area contributed by atoms with Crippen LogP contribution in [0.25, 0.3) is 11.0 Å². The number of aromatic nitrogens is 3. The zero-order chi connectivity index (χ0) is 16.3. The van der Waals surface area contributed by atoms with Gasteiger partial charge in [0.15, 0.2) is 11.2 Å². The lowest BCUT2D eigenvalue weighted by molar-refractivity contribution is -0.159. The Labute approximate surface area is 139 Å². The molecule has 22 heavy (non-hydrogen) atoms. The average molecular weight is 368 g/mol. The van der Waals surface area contributed by atoms with Crippen LogP contribution in [0.3, 0.4) is 0 Å². The molecule has 0 atom stereocenters. The summed E-state index contributed by atoms with van der Waals surface area (Å²) in [5.41, 5.74) is 0.955. The van der Waals surface area contributed by atoms with Crippen molar-refractivity contribution < 1.29 is 9.53 Å². The van der Waals surface area contributed by atoms with Gasteiger partial charge in [0.25, 0.3) is 0 Å². The lowest BCUT2D eigenvalue weighted by Crippen LogP contribution is -2.49. The molecule has 2 heterocycles. The number of nitrogens with zero attached hydrogens (tertiary/aromatic N) is 3. The van der Waals surface area contributed by atoms with Crippen LogP contribution in [0.4, 0.5) is 0 Å². The number of hydrogen-bond acceptors (Lipinski definition) is 4. The average Bonchev–Trinajstić information content (AvgIpc) is 2.77. The normalized spacial score (nSPS) is 15.7. The number of fused-ring (bicyclic) bond motifs is 1. The van der Waals surface area contributed by atoms with Crippen LogP contribution in [-0.2, 0) is 15.1 Å². The third-order valence-corrected chi connectivity index (χ3v) is 4.36. The fourth-order valence-corrected chi connectivity index (χ4v) is 3.00. The quantitative estimate of drug-likeness (QED) is 0.608. The molecule has 0 amide bonds. The van der Waals surface area contributed by atoms with Crippen molar-refractivity contribution in [3.05, 3.63) is 22.4 Å². The minimum atomic E-state index is -0.670. The molecular formula is C16H22BrN3O2. The highest BCUT2D eigenvalue weighted by Crippen LogP contribution is 2.42. The first-order chi connectivity index (χ1) is 10.6. The summed E-state index contributed by atoms with van der Waals surface area (Å²) in [6, 6.07) is 3.86. The summed E-state index contributed by atoms with van der Waals surface area (Å²) in [7, 11) is 0. The van der Waals surface area contributed by atoms with E-state index in [-0.39, 0.29) is 5.97 Å². The van der Waals surface area contributed by atoms with Gasteiger partial charge in [0, 0.05) is 5.39 Å². The van der Waals surface area contributed by atoms with Crippen molar-refractivity contribution in [2.45, 2.75) is 52.5 Å². The van der Waals surface area contributed by atoms with E-state index < -0.39 is 5.54 Å². The van der Waals surface area contributed by atoms with Crippen molar-refractivity contribution in [2.75, 3.05) is 6.61 Å². The van der Waals surface area contributed by atoms with Crippen LogP contribution in [-0.4, -0.2) is 27.3 Å². The number of halogens is 1. The van der Waals surface area contributed by atoms with Gasteiger partial charge in [0.2, 0.25) is 0 Å². The monoisotopic (exact) mass is 367 g/mol. The maximum atomic E-state index is 12.4. The predicted octanol–water partition coefficient (Wildman–Crippen LogP) is 3.97. The van der Waals surface area contributed by atoms with Crippen LogP contribution < -0.4 is 0 Å².